The molecule has 30 heavy (non-hydrogen) atoms. The molecule has 2 aromatic rings. The second-order valence-corrected chi connectivity index (χ2v) is 7.58. The van der Waals surface area contributed by atoms with Gasteiger partial charge in [0, 0.05) is 11.8 Å². The summed E-state index contributed by atoms with van der Waals surface area (Å²) >= 11 is 6.72. The van der Waals surface area contributed by atoms with E-state index in [2.05, 4.69) is 5.32 Å². The van der Waals surface area contributed by atoms with Crippen LogP contribution in [0.5, 0.6) is 0 Å². The van der Waals surface area contributed by atoms with Gasteiger partial charge in [0.25, 0.3) is 11.1 Å². The molecule has 8 nitrogen and oxygen atoms in total. The van der Waals surface area contributed by atoms with Gasteiger partial charge in [-0.3, -0.25) is 19.3 Å². The number of hydrogen-bond acceptors (Lipinski definition) is 7. The maximum atomic E-state index is 12.5. The summed E-state index contributed by atoms with van der Waals surface area (Å²) in [6.45, 7) is 3.12. The lowest BCUT2D eigenvalue weighted by atomic mass is 10.2. The van der Waals surface area contributed by atoms with E-state index in [0.29, 0.717) is 11.5 Å². The van der Waals surface area contributed by atoms with E-state index in [0.717, 1.165) is 16.7 Å². The number of carbonyl (C=O) groups excluding carboxylic acids is 4. The van der Waals surface area contributed by atoms with E-state index in [4.69, 9.17) is 20.8 Å². The molecule has 1 fully saturated rings. The largest absolute Gasteiger partial charge is 0.462 e. The fourth-order valence-electron chi connectivity index (χ4n) is 2.61. The van der Waals surface area contributed by atoms with E-state index in [-0.39, 0.29) is 27.8 Å². The van der Waals surface area contributed by atoms with Crippen LogP contribution < -0.4 is 5.32 Å². The predicted octanol–water partition coefficient (Wildman–Crippen LogP) is 4.09. The minimum atomic E-state index is -0.622. The molecule has 1 N–H and O–H groups in total. The predicted molar refractivity (Wildman–Crippen MR) is 112 cm³/mol. The molecule has 10 heteroatoms. The van der Waals surface area contributed by atoms with Gasteiger partial charge in [-0.1, -0.05) is 11.6 Å². The molecule has 3 rings (SSSR count). The number of rotatable bonds is 6. The third kappa shape index (κ3) is 4.92. The number of nitrogens with zero attached hydrogens (tertiary/aromatic N) is 1. The van der Waals surface area contributed by atoms with Gasteiger partial charge >= 0.3 is 5.97 Å². The molecule has 0 radical (unpaired) electrons. The molecule has 0 saturated carbocycles. The molecule has 0 unspecified atom stereocenters. The Morgan fingerprint density at radius 3 is 2.70 bits per heavy atom. The average molecular weight is 449 g/mol. The summed E-state index contributed by atoms with van der Waals surface area (Å²) in [5.74, 6) is -0.704. The van der Waals surface area contributed by atoms with Crippen LogP contribution in [-0.4, -0.2) is 41.1 Å². The van der Waals surface area contributed by atoms with Gasteiger partial charge in [0.2, 0.25) is 5.91 Å². The van der Waals surface area contributed by atoms with Crippen LogP contribution in [0.4, 0.5) is 10.5 Å². The van der Waals surface area contributed by atoms with E-state index < -0.39 is 29.6 Å². The van der Waals surface area contributed by atoms with Crippen molar-refractivity contribution in [3.63, 3.8) is 0 Å². The SMILES string of the molecule is CCOC(=O)c1cc(NC(=O)CN2C(=O)S/C(=C/c3ccc(C)o3)C2=O)ccc1Cl. The highest BCUT2D eigenvalue weighted by atomic mass is 35.5. The van der Waals surface area contributed by atoms with Crippen LogP contribution in [0, 0.1) is 6.92 Å². The lowest BCUT2D eigenvalue weighted by Gasteiger charge is -2.13. The lowest BCUT2D eigenvalue weighted by molar-refractivity contribution is -0.127. The maximum absolute atomic E-state index is 12.5. The van der Waals surface area contributed by atoms with Crippen molar-refractivity contribution in [2.75, 3.05) is 18.5 Å². The van der Waals surface area contributed by atoms with E-state index >= 15 is 0 Å². The minimum Gasteiger partial charge on any atom is -0.462 e. The van der Waals surface area contributed by atoms with Gasteiger partial charge in [-0.05, 0) is 55.9 Å². The van der Waals surface area contributed by atoms with Crippen LogP contribution in [-0.2, 0) is 14.3 Å². The first-order valence-electron chi connectivity index (χ1n) is 8.86. The average Bonchev–Trinajstić information content (AvgIpc) is 3.21. The Bertz CT molecular complexity index is 1060. The van der Waals surface area contributed by atoms with Crippen molar-refractivity contribution in [1.29, 1.82) is 0 Å². The zero-order valence-electron chi connectivity index (χ0n) is 16.1. The molecule has 2 heterocycles. The number of esters is 1. The summed E-state index contributed by atoms with van der Waals surface area (Å²) in [4.78, 5) is 50.0. The number of anilines is 1. The Kier molecular flexibility index (Phi) is 6.63. The molecule has 1 aromatic carbocycles. The maximum Gasteiger partial charge on any atom is 0.339 e. The monoisotopic (exact) mass is 448 g/mol. The third-order valence-corrected chi connectivity index (χ3v) is 5.19. The normalized spacial score (nSPS) is 15.0. The number of hydrogen-bond donors (Lipinski definition) is 1. The quantitative estimate of drug-likeness (QED) is 0.523. The number of benzene rings is 1. The van der Waals surface area contributed by atoms with Gasteiger partial charge in [0.05, 0.1) is 22.1 Å². The molecule has 3 amide bonds. The second kappa shape index (κ2) is 9.19. The van der Waals surface area contributed by atoms with Crippen LogP contribution in [0.2, 0.25) is 5.02 Å². The van der Waals surface area contributed by atoms with E-state index in [1.165, 1.54) is 24.3 Å². The fraction of sp³-hybridized carbons (Fsp3) is 0.200. The van der Waals surface area contributed by atoms with Crippen molar-refractivity contribution >= 4 is 58.1 Å². The van der Waals surface area contributed by atoms with E-state index in [9.17, 15) is 19.2 Å². The van der Waals surface area contributed by atoms with Crippen LogP contribution in [0.25, 0.3) is 6.08 Å². The van der Waals surface area contributed by atoms with Crippen molar-refractivity contribution in [2.24, 2.45) is 0 Å². The summed E-state index contributed by atoms with van der Waals surface area (Å²) in [6, 6.07) is 7.72. The number of aryl methyl sites for hydroxylation is 1. The summed E-state index contributed by atoms with van der Waals surface area (Å²) in [5.41, 5.74) is 0.375. The number of carbonyl (C=O) groups is 4. The number of nitrogens with one attached hydrogen (secondary N) is 1. The molecule has 0 atom stereocenters. The Balaban J connectivity index is 1.68. The van der Waals surface area contributed by atoms with Crippen LogP contribution in [0.1, 0.15) is 28.8 Å². The van der Waals surface area contributed by atoms with E-state index in [1.54, 1.807) is 26.0 Å². The minimum absolute atomic E-state index is 0.0964. The Labute approximate surface area is 181 Å². The standard InChI is InChI=1S/C20H17ClN2O6S/c1-3-28-19(26)14-8-12(5-7-15(14)21)22-17(24)10-23-18(25)16(30-20(23)27)9-13-6-4-11(2)29-13/h4-9H,3,10H2,1-2H3,(H,22,24)/b16-9+. The highest BCUT2D eigenvalue weighted by Crippen LogP contribution is 2.32. The van der Waals surface area contributed by atoms with Crippen molar-refractivity contribution < 1.29 is 28.3 Å². The highest BCUT2D eigenvalue weighted by Gasteiger charge is 2.36. The number of amides is 3. The zero-order chi connectivity index (χ0) is 21.8. The number of furan rings is 1. The summed E-state index contributed by atoms with van der Waals surface area (Å²) < 4.78 is 10.3. The zero-order valence-corrected chi connectivity index (χ0v) is 17.6. The van der Waals surface area contributed by atoms with Crippen molar-refractivity contribution in [2.45, 2.75) is 13.8 Å². The first kappa shape index (κ1) is 21.7. The van der Waals surface area contributed by atoms with Gasteiger partial charge in [0.1, 0.15) is 18.1 Å². The molecule has 0 aliphatic carbocycles. The number of halogens is 1. The lowest BCUT2D eigenvalue weighted by Crippen LogP contribution is -2.36. The van der Waals surface area contributed by atoms with Gasteiger partial charge in [-0.2, -0.15) is 0 Å². The van der Waals surface area contributed by atoms with Crippen LogP contribution >= 0.6 is 23.4 Å². The first-order valence-corrected chi connectivity index (χ1v) is 10.1. The fourth-order valence-corrected chi connectivity index (χ4v) is 3.62. The molecule has 1 saturated heterocycles. The summed E-state index contributed by atoms with van der Waals surface area (Å²) in [6.07, 6.45) is 1.46. The topological polar surface area (TPSA) is 106 Å². The molecule has 156 valence electrons. The van der Waals surface area contributed by atoms with Gasteiger partial charge in [-0.25, -0.2) is 4.79 Å². The number of thioether (sulfide) groups is 1. The smallest absolute Gasteiger partial charge is 0.339 e. The molecule has 1 aromatic heterocycles. The third-order valence-electron chi connectivity index (χ3n) is 3.96. The van der Waals surface area contributed by atoms with Gasteiger partial charge < -0.3 is 14.5 Å². The molecule has 0 spiro atoms. The Morgan fingerprint density at radius 2 is 2.03 bits per heavy atom. The Hall–Kier alpha value is -3.04. The molecular weight excluding hydrogens is 432 g/mol. The van der Waals surface area contributed by atoms with Crippen molar-refractivity contribution in [1.82, 2.24) is 4.90 Å². The number of imide groups is 1. The first-order chi connectivity index (χ1) is 14.3. The molecule has 1 aliphatic rings. The van der Waals surface area contributed by atoms with E-state index in [1.807, 2.05) is 0 Å². The van der Waals surface area contributed by atoms with Crippen LogP contribution in [0.15, 0.2) is 39.7 Å². The van der Waals surface area contributed by atoms with Crippen molar-refractivity contribution in [3.8, 4) is 0 Å². The van der Waals surface area contributed by atoms with Gasteiger partial charge in [0.15, 0.2) is 0 Å². The van der Waals surface area contributed by atoms with Crippen LogP contribution in [0.3, 0.4) is 0 Å². The molecular formula is C20H17ClN2O6S. The Morgan fingerprint density at radius 1 is 1.27 bits per heavy atom. The highest BCUT2D eigenvalue weighted by molar-refractivity contribution is 8.18. The summed E-state index contributed by atoms with van der Waals surface area (Å²) in [7, 11) is 0. The van der Waals surface area contributed by atoms with Gasteiger partial charge in [-0.15, -0.1) is 0 Å². The van der Waals surface area contributed by atoms with Crippen molar-refractivity contribution in [3.05, 3.63) is 57.3 Å². The molecule has 0 bridgehead atoms. The second-order valence-electron chi connectivity index (χ2n) is 6.18. The molecule has 1 aliphatic heterocycles. The summed E-state index contributed by atoms with van der Waals surface area (Å²) in [5, 5.41) is 2.16. The number of ether oxygens (including phenoxy) is 1.